The fourth-order valence-electron chi connectivity index (χ4n) is 2.85. The number of hydrogen-bond acceptors (Lipinski definition) is 5. The molecular formula is C21H17FN4O2S. The van der Waals surface area contributed by atoms with E-state index in [1.54, 1.807) is 35.1 Å². The van der Waals surface area contributed by atoms with Crippen molar-refractivity contribution in [2.24, 2.45) is 7.05 Å². The first-order valence-corrected chi connectivity index (χ1v) is 9.69. The number of nitrogens with zero attached hydrogens (tertiary/aromatic N) is 3. The fraction of sp³-hybridized carbons (Fsp3) is 0.0952. The molecule has 0 saturated heterocycles. The first kappa shape index (κ1) is 18.8. The van der Waals surface area contributed by atoms with Gasteiger partial charge in [0, 0.05) is 23.6 Å². The van der Waals surface area contributed by atoms with Crippen LogP contribution >= 0.6 is 11.3 Å². The molecule has 4 aromatic rings. The number of rotatable bonds is 6. The number of aromatic nitrogens is 3. The Labute approximate surface area is 170 Å². The van der Waals surface area contributed by atoms with Gasteiger partial charge < -0.3 is 4.74 Å². The van der Waals surface area contributed by atoms with Crippen molar-refractivity contribution in [3.05, 3.63) is 72.0 Å². The van der Waals surface area contributed by atoms with E-state index >= 15 is 0 Å². The van der Waals surface area contributed by atoms with Crippen LogP contribution in [0.2, 0.25) is 0 Å². The Morgan fingerprint density at radius 2 is 1.93 bits per heavy atom. The van der Waals surface area contributed by atoms with E-state index in [1.807, 2.05) is 30.6 Å². The van der Waals surface area contributed by atoms with E-state index in [2.05, 4.69) is 15.4 Å². The summed E-state index contributed by atoms with van der Waals surface area (Å²) in [6.45, 7) is -0.105. The number of anilines is 1. The van der Waals surface area contributed by atoms with Crippen molar-refractivity contribution >= 4 is 22.4 Å². The molecule has 4 rings (SSSR count). The minimum atomic E-state index is -0.297. The second kappa shape index (κ2) is 8.24. The summed E-state index contributed by atoms with van der Waals surface area (Å²) >= 11 is 1.31. The third kappa shape index (κ3) is 4.33. The third-order valence-corrected chi connectivity index (χ3v) is 4.95. The molecule has 2 aromatic heterocycles. The molecule has 0 radical (unpaired) electrons. The molecule has 0 bridgehead atoms. The summed E-state index contributed by atoms with van der Waals surface area (Å²) in [7, 11) is 1.82. The molecule has 0 aliphatic rings. The predicted octanol–water partition coefficient (Wildman–Crippen LogP) is 4.37. The van der Waals surface area contributed by atoms with Crippen LogP contribution in [0.4, 0.5) is 9.52 Å². The minimum Gasteiger partial charge on any atom is -0.484 e. The lowest BCUT2D eigenvalue weighted by Crippen LogP contribution is -2.20. The number of hydrogen-bond donors (Lipinski definition) is 1. The summed E-state index contributed by atoms with van der Waals surface area (Å²) in [6.07, 6.45) is 1.71. The number of para-hydroxylation sites is 1. The fourth-order valence-corrected chi connectivity index (χ4v) is 3.58. The van der Waals surface area contributed by atoms with Crippen LogP contribution < -0.4 is 10.1 Å². The lowest BCUT2D eigenvalue weighted by molar-refractivity contribution is -0.118. The summed E-state index contributed by atoms with van der Waals surface area (Å²) in [5.74, 6) is 0.0373. The Morgan fingerprint density at radius 3 is 2.69 bits per heavy atom. The summed E-state index contributed by atoms with van der Waals surface area (Å²) in [5.41, 5.74) is 3.13. The number of thiazole rings is 1. The number of carbonyl (C=O) groups is 1. The molecule has 6 nitrogen and oxygen atoms in total. The van der Waals surface area contributed by atoms with E-state index in [0.717, 1.165) is 16.8 Å². The molecule has 0 unspecified atom stereocenters. The quantitative estimate of drug-likeness (QED) is 0.514. The van der Waals surface area contributed by atoms with Gasteiger partial charge in [-0.05, 0) is 36.4 Å². The van der Waals surface area contributed by atoms with E-state index in [9.17, 15) is 9.18 Å². The smallest absolute Gasteiger partial charge is 0.264 e. The highest BCUT2D eigenvalue weighted by Crippen LogP contribution is 2.33. The van der Waals surface area contributed by atoms with Gasteiger partial charge in [-0.15, -0.1) is 11.3 Å². The molecule has 8 heteroatoms. The normalized spacial score (nSPS) is 10.7. The molecule has 0 atom stereocenters. The van der Waals surface area contributed by atoms with Crippen LogP contribution in [0.5, 0.6) is 5.75 Å². The second-order valence-electron chi connectivity index (χ2n) is 6.23. The van der Waals surface area contributed by atoms with E-state index in [1.165, 1.54) is 23.5 Å². The zero-order chi connectivity index (χ0) is 20.2. The van der Waals surface area contributed by atoms with Gasteiger partial charge in [0.2, 0.25) is 0 Å². The van der Waals surface area contributed by atoms with Crippen molar-refractivity contribution < 1.29 is 13.9 Å². The minimum absolute atomic E-state index is 0.105. The average molecular weight is 408 g/mol. The Bertz CT molecular complexity index is 1120. The Balaban J connectivity index is 1.48. The summed E-state index contributed by atoms with van der Waals surface area (Å²) in [4.78, 5) is 16.6. The molecule has 146 valence electrons. The van der Waals surface area contributed by atoms with E-state index in [-0.39, 0.29) is 18.3 Å². The van der Waals surface area contributed by atoms with Gasteiger partial charge in [0.15, 0.2) is 11.7 Å². The van der Waals surface area contributed by atoms with Gasteiger partial charge in [0.05, 0.1) is 17.6 Å². The zero-order valence-corrected chi connectivity index (χ0v) is 16.3. The number of halogens is 1. The molecule has 2 heterocycles. The Morgan fingerprint density at radius 1 is 1.17 bits per heavy atom. The highest BCUT2D eigenvalue weighted by atomic mass is 32.1. The first-order valence-electron chi connectivity index (χ1n) is 8.81. The van der Waals surface area contributed by atoms with Crippen LogP contribution in [0.3, 0.4) is 0 Å². The summed E-state index contributed by atoms with van der Waals surface area (Å²) in [5, 5.41) is 9.36. The molecule has 0 aliphatic carbocycles. The van der Waals surface area contributed by atoms with E-state index < -0.39 is 0 Å². The zero-order valence-electron chi connectivity index (χ0n) is 15.5. The maximum atomic E-state index is 13.3. The monoisotopic (exact) mass is 408 g/mol. The second-order valence-corrected chi connectivity index (χ2v) is 7.08. The van der Waals surface area contributed by atoms with Crippen LogP contribution in [0, 0.1) is 5.82 Å². The van der Waals surface area contributed by atoms with Gasteiger partial charge >= 0.3 is 0 Å². The number of amides is 1. The number of carbonyl (C=O) groups excluding carboxylic acids is 1. The van der Waals surface area contributed by atoms with E-state index in [0.29, 0.717) is 16.6 Å². The lowest BCUT2D eigenvalue weighted by atomic mass is 10.1. The van der Waals surface area contributed by atoms with Crippen molar-refractivity contribution in [2.75, 3.05) is 11.9 Å². The van der Waals surface area contributed by atoms with Crippen LogP contribution in [0.1, 0.15) is 0 Å². The highest BCUT2D eigenvalue weighted by molar-refractivity contribution is 7.14. The van der Waals surface area contributed by atoms with Gasteiger partial charge in [0.1, 0.15) is 11.6 Å². The number of ether oxygens (including phenoxy) is 1. The molecule has 2 aromatic carbocycles. The van der Waals surface area contributed by atoms with Crippen molar-refractivity contribution in [2.45, 2.75) is 0 Å². The van der Waals surface area contributed by atoms with Gasteiger partial charge in [-0.1, -0.05) is 18.2 Å². The van der Waals surface area contributed by atoms with Crippen molar-refractivity contribution in [3.8, 4) is 28.3 Å². The van der Waals surface area contributed by atoms with Crippen molar-refractivity contribution in [3.63, 3.8) is 0 Å². The third-order valence-electron chi connectivity index (χ3n) is 4.20. The van der Waals surface area contributed by atoms with E-state index in [4.69, 9.17) is 4.74 Å². The predicted molar refractivity (Wildman–Crippen MR) is 110 cm³/mol. The maximum absolute atomic E-state index is 13.3. The average Bonchev–Trinajstić information content (AvgIpc) is 3.34. The van der Waals surface area contributed by atoms with Crippen molar-refractivity contribution in [1.29, 1.82) is 0 Å². The highest BCUT2D eigenvalue weighted by Gasteiger charge is 2.16. The first-order chi connectivity index (χ1) is 14.1. The number of nitrogens with one attached hydrogen (secondary N) is 1. The largest absolute Gasteiger partial charge is 0.484 e. The number of aryl methyl sites for hydroxylation is 1. The SMILES string of the molecule is Cn1ncc(-c2csc(NC(=O)COc3ccccc3)n2)c1-c1ccc(F)cc1. The molecule has 0 aliphatic heterocycles. The molecule has 1 amide bonds. The Hall–Kier alpha value is -3.52. The van der Waals surface area contributed by atoms with Gasteiger partial charge in [-0.3, -0.25) is 14.8 Å². The Kier molecular flexibility index (Phi) is 5.35. The topological polar surface area (TPSA) is 69.0 Å². The molecular weight excluding hydrogens is 391 g/mol. The maximum Gasteiger partial charge on any atom is 0.264 e. The molecule has 0 fully saturated rings. The summed E-state index contributed by atoms with van der Waals surface area (Å²) in [6, 6.07) is 15.3. The van der Waals surface area contributed by atoms with Crippen LogP contribution in [0.15, 0.2) is 66.2 Å². The molecule has 0 saturated carbocycles. The van der Waals surface area contributed by atoms with Gasteiger partial charge in [-0.25, -0.2) is 9.37 Å². The van der Waals surface area contributed by atoms with Crippen LogP contribution in [0.25, 0.3) is 22.5 Å². The summed E-state index contributed by atoms with van der Waals surface area (Å²) < 4.78 is 20.4. The molecule has 1 N–H and O–H groups in total. The molecule has 29 heavy (non-hydrogen) atoms. The standard InChI is InChI=1S/C21H17FN4O2S/c1-26-20(14-7-9-15(22)10-8-14)17(11-23-26)18-13-29-21(24-18)25-19(27)12-28-16-5-3-2-4-6-16/h2-11,13H,12H2,1H3,(H,24,25,27). The van der Waals surface area contributed by atoms with Crippen LogP contribution in [-0.2, 0) is 11.8 Å². The van der Waals surface area contributed by atoms with Crippen molar-refractivity contribution in [1.82, 2.24) is 14.8 Å². The number of benzene rings is 2. The lowest BCUT2D eigenvalue weighted by Gasteiger charge is -2.06. The van der Waals surface area contributed by atoms with Crippen LogP contribution in [-0.4, -0.2) is 27.3 Å². The van der Waals surface area contributed by atoms with Gasteiger partial charge in [-0.2, -0.15) is 5.10 Å². The van der Waals surface area contributed by atoms with Gasteiger partial charge in [0.25, 0.3) is 5.91 Å². The molecule has 0 spiro atoms.